The molecular weight excluding hydrogens is 552 g/mol. The number of carbonyl (C=O) groups is 1. The Morgan fingerprint density at radius 3 is 2.45 bits per heavy atom. The number of piperidine rings is 1. The molecule has 0 aromatic heterocycles. The standard InChI is InChI=1S/C35H42N6O3/c1-4-44-32-20-27-28(21-31(32)43-3)33(37-30-14-15-39(2)23-29(27)30)25-10-12-26(13-11-25)34(42)38-35(36)41-18-16-40(17-19-41)22-24-8-6-5-7-9-24/h5-13,20-21,29-30H,4,14-19,22-23H2,1-3H3,(H2,36,38,42). The van der Waals surface area contributed by atoms with E-state index < -0.39 is 0 Å². The zero-order valence-corrected chi connectivity index (χ0v) is 25.9. The van der Waals surface area contributed by atoms with Gasteiger partial charge in [-0.2, -0.15) is 4.99 Å². The quantitative estimate of drug-likeness (QED) is 0.326. The molecule has 9 nitrogen and oxygen atoms in total. The normalized spacial score (nSPS) is 20.8. The van der Waals surface area contributed by atoms with E-state index in [1.54, 1.807) is 7.11 Å². The largest absolute Gasteiger partial charge is 0.493 e. The molecule has 0 spiro atoms. The molecule has 2 saturated heterocycles. The molecule has 3 aliphatic rings. The highest BCUT2D eigenvalue weighted by atomic mass is 16.5. The molecular formula is C35H42N6O3. The number of nitrogens with zero attached hydrogens (tertiary/aromatic N) is 5. The van der Waals surface area contributed by atoms with Gasteiger partial charge < -0.3 is 25.0 Å². The summed E-state index contributed by atoms with van der Waals surface area (Å²) in [4.78, 5) is 29.4. The van der Waals surface area contributed by atoms with Crippen molar-refractivity contribution in [3.63, 3.8) is 0 Å². The van der Waals surface area contributed by atoms with Crippen LogP contribution in [0.4, 0.5) is 0 Å². The molecule has 230 valence electrons. The summed E-state index contributed by atoms with van der Waals surface area (Å²) in [6.45, 7) is 8.62. The van der Waals surface area contributed by atoms with Crippen LogP contribution in [0.1, 0.15) is 51.9 Å². The van der Waals surface area contributed by atoms with Crippen molar-refractivity contribution >= 4 is 17.6 Å². The SMILES string of the molecule is CCOc1cc2c(cc1OC)C(c1ccc(C(=O)N=C(N)N3CCN(Cc4ccccc4)CC3)cc1)=NC1CCN(C)CC21. The number of carbonyl (C=O) groups excluding carboxylic acids is 1. The number of aliphatic imine (C=N–C) groups is 2. The highest BCUT2D eigenvalue weighted by molar-refractivity contribution is 6.15. The lowest BCUT2D eigenvalue weighted by atomic mass is 9.79. The van der Waals surface area contributed by atoms with Crippen molar-refractivity contribution in [1.29, 1.82) is 0 Å². The Morgan fingerprint density at radius 2 is 1.75 bits per heavy atom. The molecule has 3 aromatic rings. The van der Waals surface area contributed by atoms with Gasteiger partial charge >= 0.3 is 0 Å². The number of hydrogen-bond donors (Lipinski definition) is 1. The number of ether oxygens (including phenoxy) is 2. The van der Waals surface area contributed by atoms with Gasteiger partial charge in [-0.1, -0.05) is 42.5 Å². The average Bonchev–Trinajstić information content (AvgIpc) is 3.05. The maximum Gasteiger partial charge on any atom is 0.280 e. The summed E-state index contributed by atoms with van der Waals surface area (Å²) in [6.07, 6.45) is 0.991. The van der Waals surface area contributed by atoms with E-state index in [4.69, 9.17) is 20.2 Å². The molecule has 2 N–H and O–H groups in total. The number of guanidine groups is 1. The van der Waals surface area contributed by atoms with Crippen LogP contribution in [0, 0.1) is 0 Å². The van der Waals surface area contributed by atoms with E-state index in [-0.39, 0.29) is 23.8 Å². The summed E-state index contributed by atoms with van der Waals surface area (Å²) in [7, 11) is 3.83. The van der Waals surface area contributed by atoms with Gasteiger partial charge in [0, 0.05) is 61.9 Å². The maximum absolute atomic E-state index is 13.1. The lowest BCUT2D eigenvalue weighted by Gasteiger charge is -2.39. The smallest absolute Gasteiger partial charge is 0.280 e. The van der Waals surface area contributed by atoms with Crippen LogP contribution in [0.15, 0.2) is 76.7 Å². The number of benzene rings is 3. The van der Waals surface area contributed by atoms with Gasteiger partial charge in [0.2, 0.25) is 0 Å². The highest BCUT2D eigenvalue weighted by Crippen LogP contribution is 2.42. The molecule has 9 heteroatoms. The minimum absolute atomic E-state index is 0.190. The Morgan fingerprint density at radius 1 is 1.00 bits per heavy atom. The fraction of sp³-hybridized carbons (Fsp3) is 0.400. The average molecular weight is 595 g/mol. The molecule has 0 bridgehead atoms. The van der Waals surface area contributed by atoms with Gasteiger partial charge in [-0.3, -0.25) is 14.7 Å². The van der Waals surface area contributed by atoms with Crippen molar-refractivity contribution < 1.29 is 14.3 Å². The minimum atomic E-state index is -0.342. The lowest BCUT2D eigenvalue weighted by Crippen LogP contribution is -2.50. The first-order valence-corrected chi connectivity index (χ1v) is 15.5. The third kappa shape index (κ3) is 6.34. The number of nitrogens with two attached hydrogens (primary N) is 1. The van der Waals surface area contributed by atoms with Crippen molar-refractivity contribution in [3.05, 3.63) is 94.5 Å². The zero-order valence-electron chi connectivity index (χ0n) is 25.9. The second-order valence-corrected chi connectivity index (χ2v) is 11.8. The Labute approximate surface area is 260 Å². The molecule has 44 heavy (non-hydrogen) atoms. The van der Waals surface area contributed by atoms with Crippen LogP contribution in [0.5, 0.6) is 11.5 Å². The second-order valence-electron chi connectivity index (χ2n) is 11.8. The van der Waals surface area contributed by atoms with Crippen LogP contribution < -0.4 is 15.2 Å². The zero-order chi connectivity index (χ0) is 30.6. The van der Waals surface area contributed by atoms with Gasteiger partial charge in [-0.15, -0.1) is 0 Å². The third-order valence-corrected chi connectivity index (χ3v) is 8.93. The van der Waals surface area contributed by atoms with Gasteiger partial charge in [0.05, 0.1) is 25.5 Å². The van der Waals surface area contributed by atoms with E-state index in [1.807, 2.05) is 48.2 Å². The van der Waals surface area contributed by atoms with E-state index in [0.29, 0.717) is 17.9 Å². The lowest BCUT2D eigenvalue weighted by molar-refractivity contribution is 0.0999. The molecule has 0 aliphatic carbocycles. The van der Waals surface area contributed by atoms with E-state index in [9.17, 15) is 4.79 Å². The molecule has 3 heterocycles. The maximum atomic E-state index is 13.1. The van der Waals surface area contributed by atoms with Gasteiger partial charge in [-0.05, 0) is 62.3 Å². The Bertz CT molecular complexity index is 1530. The third-order valence-electron chi connectivity index (χ3n) is 8.93. The minimum Gasteiger partial charge on any atom is -0.493 e. The first-order valence-electron chi connectivity index (χ1n) is 15.5. The first kappa shape index (κ1) is 29.8. The predicted octanol–water partition coefficient (Wildman–Crippen LogP) is 4.01. The van der Waals surface area contributed by atoms with E-state index in [2.05, 4.69) is 52.2 Å². The van der Waals surface area contributed by atoms with Gasteiger partial charge in [0.1, 0.15) is 0 Å². The number of fused-ring (bicyclic) bond motifs is 3. The first-order chi connectivity index (χ1) is 21.4. The van der Waals surface area contributed by atoms with Crippen LogP contribution in [0.2, 0.25) is 0 Å². The molecule has 6 rings (SSSR count). The number of rotatable bonds is 7. The Balaban J connectivity index is 1.18. The number of piperazine rings is 1. The van der Waals surface area contributed by atoms with Crippen LogP contribution in [0.3, 0.4) is 0 Å². The highest BCUT2D eigenvalue weighted by Gasteiger charge is 2.36. The van der Waals surface area contributed by atoms with E-state index >= 15 is 0 Å². The van der Waals surface area contributed by atoms with Crippen molar-refractivity contribution in [1.82, 2.24) is 14.7 Å². The molecule has 2 fully saturated rings. The van der Waals surface area contributed by atoms with E-state index in [0.717, 1.165) is 74.8 Å². The summed E-state index contributed by atoms with van der Waals surface area (Å²) in [5, 5.41) is 0. The summed E-state index contributed by atoms with van der Waals surface area (Å²) < 4.78 is 11.7. The molecule has 0 radical (unpaired) electrons. The van der Waals surface area contributed by atoms with Crippen molar-refractivity contribution in [2.45, 2.75) is 31.8 Å². The molecule has 1 amide bonds. The molecule has 2 unspecified atom stereocenters. The van der Waals surface area contributed by atoms with Crippen molar-refractivity contribution in [3.8, 4) is 11.5 Å². The van der Waals surface area contributed by atoms with E-state index in [1.165, 1.54) is 11.1 Å². The molecule has 3 aliphatic heterocycles. The molecule has 2 atom stereocenters. The number of likely N-dealkylation sites (N-methyl/N-ethyl adjacent to an activating group) is 1. The second kappa shape index (κ2) is 13.2. The fourth-order valence-electron chi connectivity index (χ4n) is 6.53. The monoisotopic (exact) mass is 594 g/mol. The predicted molar refractivity (Wildman–Crippen MR) is 174 cm³/mol. The van der Waals surface area contributed by atoms with Crippen LogP contribution in [0.25, 0.3) is 0 Å². The summed E-state index contributed by atoms with van der Waals surface area (Å²) in [5.41, 5.74) is 12.3. The van der Waals surface area contributed by atoms with Gasteiger partial charge in [0.25, 0.3) is 5.91 Å². The number of amides is 1. The van der Waals surface area contributed by atoms with Crippen LogP contribution >= 0.6 is 0 Å². The number of hydrogen-bond acceptors (Lipinski definition) is 6. The fourth-order valence-corrected chi connectivity index (χ4v) is 6.53. The summed E-state index contributed by atoms with van der Waals surface area (Å²) in [6, 6.07) is 22.4. The summed E-state index contributed by atoms with van der Waals surface area (Å²) >= 11 is 0. The van der Waals surface area contributed by atoms with Crippen LogP contribution in [-0.2, 0) is 6.54 Å². The van der Waals surface area contributed by atoms with Crippen molar-refractivity contribution in [2.24, 2.45) is 15.7 Å². The topological polar surface area (TPSA) is 96.0 Å². The molecule has 3 aromatic carbocycles. The number of methoxy groups -OCH3 is 1. The van der Waals surface area contributed by atoms with Gasteiger partial charge in [0.15, 0.2) is 17.5 Å². The van der Waals surface area contributed by atoms with Crippen LogP contribution in [-0.4, -0.2) is 98.4 Å². The Kier molecular flexibility index (Phi) is 8.95. The van der Waals surface area contributed by atoms with Crippen molar-refractivity contribution in [2.75, 3.05) is 60.0 Å². The summed E-state index contributed by atoms with van der Waals surface area (Å²) in [5.74, 6) is 1.67. The molecule has 0 saturated carbocycles. The number of likely N-dealkylation sites (tertiary alicyclic amines) is 1. The Hall–Kier alpha value is -4.21. The van der Waals surface area contributed by atoms with Gasteiger partial charge in [-0.25, -0.2) is 0 Å².